The normalized spacial score (nSPS) is 16.5. The molecule has 28 heavy (non-hydrogen) atoms. The van der Waals surface area contributed by atoms with Gasteiger partial charge in [0.2, 0.25) is 10.0 Å². The number of sulfonamides is 1. The van der Waals surface area contributed by atoms with Gasteiger partial charge in [-0.25, -0.2) is 20.8 Å². The van der Waals surface area contributed by atoms with Crippen molar-refractivity contribution >= 4 is 42.6 Å². The van der Waals surface area contributed by atoms with Gasteiger partial charge in [0.25, 0.3) is 10.0 Å². The van der Waals surface area contributed by atoms with Crippen LogP contribution in [0.15, 0.2) is 64.5 Å². The van der Waals surface area contributed by atoms with Gasteiger partial charge in [-0.2, -0.15) is 4.31 Å². The minimum Gasteiger partial charge on any atom is -0.379 e. The Labute approximate surface area is 168 Å². The molecule has 0 radical (unpaired) electrons. The number of ether oxygens (including phenoxy) is 1. The van der Waals surface area contributed by atoms with Crippen LogP contribution in [0.3, 0.4) is 0 Å². The minimum absolute atomic E-state index is 0.0668. The molecule has 1 aliphatic rings. The summed E-state index contributed by atoms with van der Waals surface area (Å²) in [6.45, 7) is 1.00. The van der Waals surface area contributed by atoms with Gasteiger partial charge in [-0.1, -0.05) is 29.8 Å². The molecule has 148 valence electrons. The Balaban J connectivity index is 1.96. The van der Waals surface area contributed by atoms with Crippen LogP contribution in [0.5, 0.6) is 0 Å². The number of aromatic nitrogens is 1. The highest BCUT2D eigenvalue weighted by Gasteiger charge is 2.32. The molecule has 1 fully saturated rings. The van der Waals surface area contributed by atoms with Gasteiger partial charge < -0.3 is 4.74 Å². The summed E-state index contributed by atoms with van der Waals surface area (Å²) in [7, 11) is -7.90. The zero-order valence-electron chi connectivity index (χ0n) is 14.7. The lowest BCUT2D eigenvalue weighted by Crippen LogP contribution is -2.40. The Hall–Kier alpha value is -1.91. The fraction of sp³-hybridized carbons (Fsp3) is 0.222. The predicted molar refractivity (Wildman–Crippen MR) is 106 cm³/mol. The zero-order chi connectivity index (χ0) is 19.9. The lowest BCUT2D eigenvalue weighted by Gasteiger charge is -2.25. The van der Waals surface area contributed by atoms with Crippen LogP contribution in [0.25, 0.3) is 10.9 Å². The van der Waals surface area contributed by atoms with E-state index in [1.807, 2.05) is 0 Å². The first kappa shape index (κ1) is 19.4. The molecule has 4 rings (SSSR count). The first-order chi connectivity index (χ1) is 13.3. The average molecular weight is 441 g/mol. The fourth-order valence-electron chi connectivity index (χ4n) is 3.18. The van der Waals surface area contributed by atoms with Crippen molar-refractivity contribution in [2.75, 3.05) is 26.3 Å². The molecule has 0 unspecified atom stereocenters. The van der Waals surface area contributed by atoms with Crippen molar-refractivity contribution in [2.45, 2.75) is 9.79 Å². The van der Waals surface area contributed by atoms with Gasteiger partial charge in [0.1, 0.15) is 4.90 Å². The Morgan fingerprint density at radius 1 is 0.893 bits per heavy atom. The second kappa shape index (κ2) is 7.16. The van der Waals surface area contributed by atoms with E-state index in [4.69, 9.17) is 16.3 Å². The summed E-state index contributed by atoms with van der Waals surface area (Å²) in [5.41, 5.74) is 0.250. The molecule has 0 aliphatic carbocycles. The van der Waals surface area contributed by atoms with E-state index < -0.39 is 20.0 Å². The van der Waals surface area contributed by atoms with Crippen molar-refractivity contribution in [1.82, 2.24) is 8.28 Å². The van der Waals surface area contributed by atoms with E-state index in [1.54, 1.807) is 18.2 Å². The first-order valence-corrected chi connectivity index (χ1v) is 11.8. The van der Waals surface area contributed by atoms with E-state index in [1.165, 1.54) is 34.6 Å². The van der Waals surface area contributed by atoms with Crippen LogP contribution in [0.1, 0.15) is 0 Å². The molecule has 0 spiro atoms. The van der Waals surface area contributed by atoms with Crippen molar-refractivity contribution in [3.8, 4) is 0 Å². The van der Waals surface area contributed by atoms with Crippen LogP contribution in [0.4, 0.5) is 0 Å². The van der Waals surface area contributed by atoms with Crippen molar-refractivity contribution in [3.05, 3.63) is 59.8 Å². The van der Waals surface area contributed by atoms with Crippen molar-refractivity contribution in [1.29, 1.82) is 0 Å². The quantitative estimate of drug-likeness (QED) is 0.622. The molecule has 0 atom stereocenters. The van der Waals surface area contributed by atoms with Gasteiger partial charge in [0, 0.05) is 29.7 Å². The van der Waals surface area contributed by atoms with Crippen LogP contribution < -0.4 is 0 Å². The number of fused-ring (bicyclic) bond motifs is 1. The standard InChI is InChI=1S/C18H17ClN2O5S2/c19-14-6-7-17-16(12-14)18(28(24,25)20-8-10-26-11-9-20)13-21(17)27(22,23)15-4-2-1-3-5-15/h1-7,12-13H,8-11H2. The Kier molecular flexibility index (Phi) is 4.96. The molecule has 1 aromatic heterocycles. The highest BCUT2D eigenvalue weighted by atomic mass is 35.5. The molecule has 10 heteroatoms. The van der Waals surface area contributed by atoms with Gasteiger partial charge in [0.05, 0.1) is 23.6 Å². The smallest absolute Gasteiger partial charge is 0.268 e. The van der Waals surface area contributed by atoms with E-state index in [0.717, 1.165) is 10.2 Å². The maximum absolute atomic E-state index is 13.2. The molecular formula is C18H17ClN2O5S2. The molecule has 0 bridgehead atoms. The third kappa shape index (κ3) is 3.23. The summed E-state index contributed by atoms with van der Waals surface area (Å²) < 4.78 is 60.2. The summed E-state index contributed by atoms with van der Waals surface area (Å²) in [4.78, 5) is -0.0245. The van der Waals surface area contributed by atoms with Gasteiger partial charge in [-0.15, -0.1) is 0 Å². The van der Waals surface area contributed by atoms with E-state index in [9.17, 15) is 16.8 Å². The van der Waals surface area contributed by atoms with Crippen molar-refractivity contribution < 1.29 is 21.6 Å². The average Bonchev–Trinajstić information content (AvgIpc) is 3.09. The number of nitrogens with zero attached hydrogens (tertiary/aromatic N) is 2. The second-order valence-electron chi connectivity index (χ2n) is 6.29. The molecule has 2 aromatic carbocycles. The molecule has 0 amide bonds. The van der Waals surface area contributed by atoms with E-state index >= 15 is 0 Å². The number of hydrogen-bond donors (Lipinski definition) is 0. The van der Waals surface area contributed by atoms with Crippen LogP contribution >= 0.6 is 11.6 Å². The predicted octanol–water partition coefficient (Wildman–Crippen LogP) is 2.55. The summed E-state index contributed by atoms with van der Waals surface area (Å²) >= 11 is 6.08. The summed E-state index contributed by atoms with van der Waals surface area (Å²) in [5, 5.41) is 0.583. The van der Waals surface area contributed by atoms with Crippen LogP contribution in [0.2, 0.25) is 5.02 Å². The van der Waals surface area contributed by atoms with E-state index in [2.05, 4.69) is 0 Å². The maximum Gasteiger partial charge on any atom is 0.268 e. The second-order valence-corrected chi connectivity index (χ2v) is 10.4. The molecule has 0 N–H and O–H groups in total. The zero-order valence-corrected chi connectivity index (χ0v) is 17.0. The minimum atomic E-state index is -3.98. The number of halogens is 1. The summed E-state index contributed by atoms with van der Waals surface area (Å²) in [6.07, 6.45) is 1.16. The SMILES string of the molecule is O=S(=O)(c1cn(S(=O)(=O)c2ccccc2)c2ccc(Cl)cc12)N1CCOCC1. The molecule has 2 heterocycles. The van der Waals surface area contributed by atoms with Gasteiger partial charge in [0.15, 0.2) is 0 Å². The third-order valence-electron chi connectivity index (χ3n) is 4.58. The molecule has 7 nitrogen and oxygen atoms in total. The van der Waals surface area contributed by atoms with Crippen LogP contribution in [-0.2, 0) is 24.8 Å². The largest absolute Gasteiger partial charge is 0.379 e. The Bertz CT molecular complexity index is 1230. The number of morpholine rings is 1. The summed E-state index contributed by atoms with van der Waals surface area (Å²) in [5.74, 6) is 0. The molecule has 0 saturated carbocycles. The fourth-order valence-corrected chi connectivity index (χ4v) is 6.40. The van der Waals surface area contributed by atoms with Gasteiger partial charge >= 0.3 is 0 Å². The topological polar surface area (TPSA) is 85.7 Å². The summed E-state index contributed by atoms with van der Waals surface area (Å²) in [6, 6.07) is 12.4. The van der Waals surface area contributed by atoms with Crippen molar-refractivity contribution in [2.24, 2.45) is 0 Å². The van der Waals surface area contributed by atoms with Crippen LogP contribution in [0, 0.1) is 0 Å². The van der Waals surface area contributed by atoms with E-state index in [0.29, 0.717) is 18.2 Å². The highest BCUT2D eigenvalue weighted by molar-refractivity contribution is 7.90. The maximum atomic E-state index is 13.2. The molecule has 1 aliphatic heterocycles. The van der Waals surface area contributed by atoms with Gasteiger partial charge in [-0.05, 0) is 30.3 Å². The van der Waals surface area contributed by atoms with E-state index in [-0.39, 0.29) is 33.8 Å². The van der Waals surface area contributed by atoms with Crippen molar-refractivity contribution in [3.63, 3.8) is 0 Å². The van der Waals surface area contributed by atoms with Crippen LogP contribution in [-0.4, -0.2) is 51.4 Å². The number of rotatable bonds is 4. The molecule has 1 saturated heterocycles. The monoisotopic (exact) mass is 440 g/mol. The highest BCUT2D eigenvalue weighted by Crippen LogP contribution is 2.32. The molecule has 3 aromatic rings. The third-order valence-corrected chi connectivity index (χ3v) is 8.43. The first-order valence-electron chi connectivity index (χ1n) is 8.51. The Morgan fingerprint density at radius 2 is 1.57 bits per heavy atom. The number of hydrogen-bond acceptors (Lipinski definition) is 5. The van der Waals surface area contributed by atoms with Gasteiger partial charge in [-0.3, -0.25) is 0 Å². The Morgan fingerprint density at radius 3 is 2.25 bits per heavy atom. The lowest BCUT2D eigenvalue weighted by molar-refractivity contribution is 0.0730. The lowest BCUT2D eigenvalue weighted by atomic mass is 10.2. The molecular weight excluding hydrogens is 424 g/mol. The number of benzene rings is 2.